The number of benzene rings is 1. The average molecular weight is 317 g/mol. The Labute approximate surface area is 119 Å². The summed E-state index contributed by atoms with van der Waals surface area (Å²) in [6.45, 7) is 0. The zero-order valence-corrected chi connectivity index (χ0v) is 11.8. The topological polar surface area (TPSA) is 52.0 Å². The summed E-state index contributed by atoms with van der Waals surface area (Å²) in [5.41, 5.74) is 8.00. The summed E-state index contributed by atoms with van der Waals surface area (Å²) in [4.78, 5) is 4.28. The van der Waals surface area contributed by atoms with Crippen LogP contribution in [-0.2, 0) is 6.42 Å². The Hall–Kier alpha value is -1.65. The monoisotopic (exact) mass is 316 g/mol. The molecule has 2 N–H and O–H groups in total. The smallest absolute Gasteiger partial charge is 0.148 e. The van der Waals surface area contributed by atoms with E-state index in [1.165, 1.54) is 0 Å². The van der Waals surface area contributed by atoms with Crippen LogP contribution in [0, 0.1) is 0 Å². The van der Waals surface area contributed by atoms with Crippen molar-refractivity contribution in [1.29, 1.82) is 0 Å². The molecule has 0 saturated carbocycles. The molecule has 1 aromatic carbocycles. The van der Waals surface area contributed by atoms with Crippen LogP contribution < -0.4 is 5.73 Å². The van der Waals surface area contributed by atoms with Crippen LogP contribution in [0.3, 0.4) is 0 Å². The molecular formula is C15H13BrN2O. The number of rotatable bonds is 3. The highest BCUT2D eigenvalue weighted by Crippen LogP contribution is 2.29. The van der Waals surface area contributed by atoms with Gasteiger partial charge < -0.3 is 10.2 Å². The minimum Gasteiger partial charge on any atom is -0.458 e. The molecule has 0 saturated heterocycles. The molecule has 0 aliphatic heterocycles. The molecule has 19 heavy (non-hydrogen) atoms. The maximum atomic E-state index is 6.19. The van der Waals surface area contributed by atoms with Crippen LogP contribution in [0.2, 0.25) is 0 Å². The lowest BCUT2D eigenvalue weighted by atomic mass is 10.1. The van der Waals surface area contributed by atoms with Crippen LogP contribution in [0.25, 0.3) is 11.0 Å². The fraction of sp³-hybridized carbons (Fsp3) is 0.133. The summed E-state index contributed by atoms with van der Waals surface area (Å²) >= 11 is 3.48. The van der Waals surface area contributed by atoms with E-state index in [1.807, 2.05) is 42.5 Å². The summed E-state index contributed by atoms with van der Waals surface area (Å²) in [5, 5.41) is 1.06. The van der Waals surface area contributed by atoms with Crippen molar-refractivity contribution in [1.82, 2.24) is 4.98 Å². The molecule has 0 bridgehead atoms. The number of hydrogen-bond acceptors (Lipinski definition) is 3. The lowest BCUT2D eigenvalue weighted by Crippen LogP contribution is -2.13. The summed E-state index contributed by atoms with van der Waals surface area (Å²) in [6, 6.07) is 13.6. The van der Waals surface area contributed by atoms with Crippen LogP contribution in [0.15, 0.2) is 57.6 Å². The second kappa shape index (κ2) is 5.15. The summed E-state index contributed by atoms with van der Waals surface area (Å²) in [7, 11) is 0. The Bertz CT molecular complexity index is 694. The molecule has 3 nitrogen and oxygen atoms in total. The average Bonchev–Trinajstić information content (AvgIpc) is 2.85. The fourth-order valence-corrected chi connectivity index (χ4v) is 2.54. The number of nitrogens with zero attached hydrogens (tertiary/aromatic N) is 1. The number of hydrogen-bond donors (Lipinski definition) is 1. The Morgan fingerprint density at radius 3 is 2.84 bits per heavy atom. The van der Waals surface area contributed by atoms with Gasteiger partial charge in [0.05, 0.1) is 10.5 Å². The molecule has 0 radical (unpaired) electrons. The minimum absolute atomic E-state index is 0.186. The lowest BCUT2D eigenvalue weighted by Gasteiger charge is -2.07. The second-order valence-corrected chi connectivity index (χ2v) is 5.29. The Balaban J connectivity index is 1.89. The fourth-order valence-electron chi connectivity index (χ4n) is 2.07. The predicted molar refractivity (Wildman–Crippen MR) is 78.8 cm³/mol. The Morgan fingerprint density at radius 1 is 1.21 bits per heavy atom. The number of pyridine rings is 1. The number of fused-ring (bicyclic) bond motifs is 1. The predicted octanol–water partition coefficient (Wildman–Crippen LogP) is 3.83. The molecule has 0 spiro atoms. The highest BCUT2D eigenvalue weighted by Gasteiger charge is 2.14. The van der Waals surface area contributed by atoms with Gasteiger partial charge in [0, 0.05) is 23.7 Å². The molecule has 2 heterocycles. The quantitative estimate of drug-likeness (QED) is 0.798. The molecule has 1 atom stereocenters. The van der Waals surface area contributed by atoms with Crippen molar-refractivity contribution in [2.24, 2.45) is 5.73 Å². The van der Waals surface area contributed by atoms with Gasteiger partial charge in [0.15, 0.2) is 0 Å². The normalized spacial score (nSPS) is 12.7. The molecule has 96 valence electrons. The van der Waals surface area contributed by atoms with E-state index >= 15 is 0 Å². The molecule has 0 fully saturated rings. The van der Waals surface area contributed by atoms with Crippen LogP contribution in [0.4, 0.5) is 0 Å². The van der Waals surface area contributed by atoms with Gasteiger partial charge >= 0.3 is 0 Å². The summed E-state index contributed by atoms with van der Waals surface area (Å²) in [6.07, 6.45) is 2.44. The maximum Gasteiger partial charge on any atom is 0.148 e. The van der Waals surface area contributed by atoms with Crippen molar-refractivity contribution in [2.45, 2.75) is 12.5 Å². The van der Waals surface area contributed by atoms with E-state index in [9.17, 15) is 0 Å². The third kappa shape index (κ3) is 2.55. The number of para-hydroxylation sites is 1. The third-order valence-corrected chi connectivity index (χ3v) is 3.66. The van der Waals surface area contributed by atoms with Crippen LogP contribution in [0.1, 0.15) is 17.5 Å². The molecule has 4 heteroatoms. The van der Waals surface area contributed by atoms with Crippen LogP contribution in [-0.4, -0.2) is 4.98 Å². The van der Waals surface area contributed by atoms with Gasteiger partial charge in [0.2, 0.25) is 0 Å². The van der Waals surface area contributed by atoms with Crippen LogP contribution in [0.5, 0.6) is 0 Å². The van der Waals surface area contributed by atoms with Gasteiger partial charge in [0.1, 0.15) is 11.3 Å². The first-order valence-electron chi connectivity index (χ1n) is 6.07. The largest absolute Gasteiger partial charge is 0.458 e. The number of furan rings is 1. The highest BCUT2D eigenvalue weighted by molar-refractivity contribution is 9.10. The molecular weight excluding hydrogens is 304 g/mol. The molecule has 0 amide bonds. The van der Waals surface area contributed by atoms with Gasteiger partial charge in [-0.3, -0.25) is 4.98 Å². The van der Waals surface area contributed by atoms with Gasteiger partial charge in [-0.15, -0.1) is 0 Å². The Kier molecular flexibility index (Phi) is 3.36. The first-order chi connectivity index (χ1) is 9.24. The van der Waals surface area contributed by atoms with Crippen molar-refractivity contribution >= 4 is 26.9 Å². The first-order valence-corrected chi connectivity index (χ1v) is 6.87. The number of aromatic nitrogens is 1. The van der Waals surface area contributed by atoms with Crippen molar-refractivity contribution < 1.29 is 4.42 Å². The van der Waals surface area contributed by atoms with Crippen molar-refractivity contribution in [3.63, 3.8) is 0 Å². The van der Waals surface area contributed by atoms with E-state index in [4.69, 9.17) is 10.2 Å². The van der Waals surface area contributed by atoms with Crippen LogP contribution >= 0.6 is 15.9 Å². The lowest BCUT2D eigenvalue weighted by molar-refractivity contribution is 0.491. The van der Waals surface area contributed by atoms with Crippen molar-refractivity contribution in [2.75, 3.05) is 0 Å². The molecule has 3 rings (SSSR count). The first kappa shape index (κ1) is 12.4. The van der Waals surface area contributed by atoms with Crippen molar-refractivity contribution in [3.05, 3.63) is 64.6 Å². The van der Waals surface area contributed by atoms with E-state index in [0.29, 0.717) is 6.42 Å². The van der Waals surface area contributed by atoms with Gasteiger partial charge in [-0.25, -0.2) is 0 Å². The molecule has 0 aliphatic rings. The summed E-state index contributed by atoms with van der Waals surface area (Å²) < 4.78 is 6.78. The Morgan fingerprint density at radius 2 is 2.11 bits per heavy atom. The summed E-state index contributed by atoms with van der Waals surface area (Å²) in [5.74, 6) is 0.785. The number of halogens is 1. The molecule has 1 unspecified atom stereocenters. The number of nitrogens with two attached hydrogens (primary N) is 1. The zero-order valence-electron chi connectivity index (χ0n) is 10.2. The van der Waals surface area contributed by atoms with Gasteiger partial charge in [-0.05, 0) is 40.2 Å². The van der Waals surface area contributed by atoms with E-state index in [1.54, 1.807) is 6.20 Å². The maximum absolute atomic E-state index is 6.19. The second-order valence-electron chi connectivity index (χ2n) is 4.44. The minimum atomic E-state index is -0.186. The van der Waals surface area contributed by atoms with Gasteiger partial charge in [0.25, 0.3) is 0 Å². The third-order valence-electron chi connectivity index (χ3n) is 3.04. The van der Waals surface area contributed by atoms with E-state index in [2.05, 4.69) is 20.9 Å². The van der Waals surface area contributed by atoms with Crippen molar-refractivity contribution in [3.8, 4) is 0 Å². The molecule has 2 aromatic heterocycles. The van der Waals surface area contributed by atoms with E-state index < -0.39 is 0 Å². The molecule has 0 aliphatic carbocycles. The SMILES string of the molecule is NC(Cc1ccccn1)c1cc2cccc(Br)c2o1. The standard InChI is InChI=1S/C15H13BrN2O/c16-12-6-3-4-10-8-14(19-15(10)12)13(17)9-11-5-1-2-7-18-11/h1-8,13H,9,17H2. The zero-order chi connectivity index (χ0) is 13.2. The highest BCUT2D eigenvalue weighted by atomic mass is 79.9. The molecule has 3 aromatic rings. The van der Waals surface area contributed by atoms with E-state index in [-0.39, 0.29) is 6.04 Å². The van der Waals surface area contributed by atoms with Gasteiger partial charge in [-0.2, -0.15) is 0 Å². The van der Waals surface area contributed by atoms with E-state index in [0.717, 1.165) is 26.9 Å². The van der Waals surface area contributed by atoms with Gasteiger partial charge in [-0.1, -0.05) is 18.2 Å².